The van der Waals surface area contributed by atoms with Crippen LogP contribution in [0.1, 0.15) is 49.7 Å². The summed E-state index contributed by atoms with van der Waals surface area (Å²) in [4.78, 5) is 16.6. The Hall–Kier alpha value is -2.36. The van der Waals surface area contributed by atoms with Gasteiger partial charge in [0.25, 0.3) is 5.91 Å². The highest BCUT2D eigenvalue weighted by Crippen LogP contribution is 2.24. The molecule has 2 aromatic rings. The number of pyridine rings is 1. The van der Waals surface area contributed by atoms with E-state index in [2.05, 4.69) is 43.3 Å². The molecule has 0 saturated heterocycles. The molecule has 4 heteroatoms. The van der Waals surface area contributed by atoms with E-state index >= 15 is 0 Å². The molecule has 1 amide bonds. The van der Waals surface area contributed by atoms with Crippen molar-refractivity contribution < 1.29 is 4.79 Å². The van der Waals surface area contributed by atoms with Gasteiger partial charge in [0.15, 0.2) is 0 Å². The minimum Gasteiger partial charge on any atom is -0.384 e. The zero-order valence-electron chi connectivity index (χ0n) is 14.3. The summed E-state index contributed by atoms with van der Waals surface area (Å²) in [5.41, 5.74) is 3.31. The molecular formula is C19H25N3O. The Bertz CT molecular complexity index is 648. The summed E-state index contributed by atoms with van der Waals surface area (Å²) in [6.07, 6.45) is 1.70. The number of anilines is 2. The molecule has 2 N–H and O–H groups in total. The minimum absolute atomic E-state index is 0.187. The Morgan fingerprint density at radius 2 is 1.83 bits per heavy atom. The van der Waals surface area contributed by atoms with Gasteiger partial charge >= 0.3 is 0 Å². The van der Waals surface area contributed by atoms with Crippen molar-refractivity contribution in [3.05, 3.63) is 53.9 Å². The maximum atomic E-state index is 12.4. The van der Waals surface area contributed by atoms with Gasteiger partial charge in [0.05, 0.1) is 11.9 Å². The van der Waals surface area contributed by atoms with E-state index in [-0.39, 0.29) is 5.91 Å². The van der Waals surface area contributed by atoms with Crippen LogP contribution in [0.5, 0.6) is 0 Å². The van der Waals surface area contributed by atoms with Crippen LogP contribution in [-0.2, 0) is 0 Å². The van der Waals surface area contributed by atoms with Crippen LogP contribution in [-0.4, -0.2) is 17.4 Å². The Morgan fingerprint density at radius 3 is 2.43 bits per heavy atom. The number of benzene rings is 1. The van der Waals surface area contributed by atoms with Crippen LogP contribution in [0.2, 0.25) is 0 Å². The van der Waals surface area contributed by atoms with Gasteiger partial charge in [-0.25, -0.2) is 4.98 Å². The molecule has 4 nitrogen and oxygen atoms in total. The molecule has 122 valence electrons. The number of nitrogens with zero attached hydrogens (tertiary/aromatic N) is 1. The number of nitrogens with one attached hydrogen (secondary N) is 2. The zero-order valence-corrected chi connectivity index (χ0v) is 14.3. The normalized spacial score (nSPS) is 10.9. The quantitative estimate of drug-likeness (QED) is 0.824. The Morgan fingerprint density at radius 1 is 1.09 bits per heavy atom. The lowest BCUT2D eigenvalue weighted by Gasteiger charge is -2.13. The summed E-state index contributed by atoms with van der Waals surface area (Å²) >= 11 is 0. The van der Waals surface area contributed by atoms with Gasteiger partial charge in [0.2, 0.25) is 0 Å². The number of hydrogen-bond acceptors (Lipinski definition) is 3. The lowest BCUT2D eigenvalue weighted by molar-refractivity contribution is 0.102. The standard InChI is InChI=1S/C19H25N3O/c1-13(2)11-20-15-9-10-18(21-12-15)19(23)22-17-8-6-5-7-16(17)14(3)4/h5-10,12-14,20H,11H2,1-4H3,(H,22,23). The van der Waals surface area contributed by atoms with E-state index in [0.717, 1.165) is 23.5 Å². The smallest absolute Gasteiger partial charge is 0.274 e. The lowest BCUT2D eigenvalue weighted by atomic mass is 10.0. The summed E-state index contributed by atoms with van der Waals surface area (Å²) in [5.74, 6) is 0.723. The molecule has 23 heavy (non-hydrogen) atoms. The van der Waals surface area contributed by atoms with Crippen LogP contribution in [0, 0.1) is 5.92 Å². The van der Waals surface area contributed by atoms with Gasteiger partial charge in [-0.1, -0.05) is 45.9 Å². The fourth-order valence-electron chi connectivity index (χ4n) is 2.26. The zero-order chi connectivity index (χ0) is 16.8. The third-order valence-electron chi connectivity index (χ3n) is 3.54. The molecule has 0 bridgehead atoms. The molecule has 1 aromatic carbocycles. The van der Waals surface area contributed by atoms with Crippen molar-refractivity contribution >= 4 is 17.3 Å². The SMILES string of the molecule is CC(C)CNc1ccc(C(=O)Nc2ccccc2C(C)C)nc1. The first-order chi connectivity index (χ1) is 11.0. The van der Waals surface area contributed by atoms with Crippen molar-refractivity contribution in [2.75, 3.05) is 17.2 Å². The van der Waals surface area contributed by atoms with Crippen LogP contribution >= 0.6 is 0 Å². The molecule has 0 aliphatic rings. The number of para-hydroxylation sites is 1. The molecule has 1 aromatic heterocycles. The summed E-state index contributed by atoms with van der Waals surface area (Å²) in [7, 11) is 0. The first-order valence-corrected chi connectivity index (χ1v) is 8.07. The minimum atomic E-state index is -0.187. The predicted molar refractivity (Wildman–Crippen MR) is 96.0 cm³/mol. The van der Waals surface area contributed by atoms with Crippen molar-refractivity contribution in [2.45, 2.75) is 33.6 Å². The molecule has 0 atom stereocenters. The summed E-state index contributed by atoms with van der Waals surface area (Å²) in [5, 5.41) is 6.25. The third kappa shape index (κ3) is 4.81. The van der Waals surface area contributed by atoms with E-state index in [1.807, 2.05) is 30.3 Å². The van der Waals surface area contributed by atoms with Crippen molar-refractivity contribution in [1.29, 1.82) is 0 Å². The second kappa shape index (κ2) is 7.77. The maximum Gasteiger partial charge on any atom is 0.274 e. The van der Waals surface area contributed by atoms with Gasteiger partial charge in [0, 0.05) is 12.2 Å². The van der Waals surface area contributed by atoms with Gasteiger partial charge in [-0.05, 0) is 35.6 Å². The van der Waals surface area contributed by atoms with Crippen LogP contribution in [0.3, 0.4) is 0 Å². The van der Waals surface area contributed by atoms with E-state index in [0.29, 0.717) is 17.5 Å². The second-order valence-corrected chi connectivity index (χ2v) is 6.40. The predicted octanol–water partition coefficient (Wildman–Crippen LogP) is 4.53. The lowest BCUT2D eigenvalue weighted by Crippen LogP contribution is -2.15. The molecule has 2 rings (SSSR count). The average molecular weight is 311 g/mol. The number of carbonyl (C=O) groups is 1. The molecule has 0 radical (unpaired) electrons. The van der Waals surface area contributed by atoms with E-state index in [9.17, 15) is 4.79 Å². The number of aromatic nitrogens is 1. The molecule has 0 spiro atoms. The first-order valence-electron chi connectivity index (χ1n) is 8.07. The van der Waals surface area contributed by atoms with E-state index in [1.54, 1.807) is 12.3 Å². The van der Waals surface area contributed by atoms with Gasteiger partial charge in [-0.3, -0.25) is 4.79 Å². The average Bonchev–Trinajstić information content (AvgIpc) is 2.53. The van der Waals surface area contributed by atoms with Gasteiger partial charge in [-0.2, -0.15) is 0 Å². The molecular weight excluding hydrogens is 286 g/mol. The van der Waals surface area contributed by atoms with E-state index in [1.165, 1.54) is 0 Å². The van der Waals surface area contributed by atoms with Gasteiger partial charge < -0.3 is 10.6 Å². The molecule has 0 saturated carbocycles. The van der Waals surface area contributed by atoms with Gasteiger partial charge in [0.1, 0.15) is 5.69 Å². The van der Waals surface area contributed by atoms with Gasteiger partial charge in [-0.15, -0.1) is 0 Å². The van der Waals surface area contributed by atoms with Crippen molar-refractivity contribution in [2.24, 2.45) is 5.92 Å². The number of hydrogen-bond donors (Lipinski definition) is 2. The largest absolute Gasteiger partial charge is 0.384 e. The van der Waals surface area contributed by atoms with Crippen molar-refractivity contribution in [3.63, 3.8) is 0 Å². The molecule has 0 unspecified atom stereocenters. The Balaban J connectivity index is 2.06. The topological polar surface area (TPSA) is 54.0 Å². The van der Waals surface area contributed by atoms with Crippen molar-refractivity contribution in [3.8, 4) is 0 Å². The first kappa shape index (κ1) is 17.0. The summed E-state index contributed by atoms with van der Waals surface area (Å²) in [6.45, 7) is 9.40. The van der Waals surface area contributed by atoms with Crippen LogP contribution < -0.4 is 10.6 Å². The highest BCUT2D eigenvalue weighted by Gasteiger charge is 2.11. The molecule has 0 fully saturated rings. The molecule has 0 aliphatic carbocycles. The number of carbonyl (C=O) groups excluding carboxylic acids is 1. The molecule has 0 aliphatic heterocycles. The van der Waals surface area contributed by atoms with E-state index < -0.39 is 0 Å². The Kier molecular flexibility index (Phi) is 5.74. The van der Waals surface area contributed by atoms with Crippen molar-refractivity contribution in [1.82, 2.24) is 4.98 Å². The van der Waals surface area contributed by atoms with E-state index in [4.69, 9.17) is 0 Å². The number of amides is 1. The summed E-state index contributed by atoms with van der Waals surface area (Å²) < 4.78 is 0. The Labute approximate surface area is 138 Å². The maximum absolute atomic E-state index is 12.4. The highest BCUT2D eigenvalue weighted by molar-refractivity contribution is 6.03. The van der Waals surface area contributed by atoms with Crippen LogP contribution in [0.25, 0.3) is 0 Å². The second-order valence-electron chi connectivity index (χ2n) is 6.40. The monoisotopic (exact) mass is 311 g/mol. The van der Waals surface area contributed by atoms with Crippen LogP contribution in [0.4, 0.5) is 11.4 Å². The third-order valence-corrected chi connectivity index (χ3v) is 3.54. The fourth-order valence-corrected chi connectivity index (χ4v) is 2.26. The summed E-state index contributed by atoms with van der Waals surface area (Å²) in [6, 6.07) is 11.5. The molecule has 1 heterocycles. The highest BCUT2D eigenvalue weighted by atomic mass is 16.1. The fraction of sp³-hybridized carbons (Fsp3) is 0.368. The number of rotatable bonds is 6. The van der Waals surface area contributed by atoms with Crippen LogP contribution in [0.15, 0.2) is 42.6 Å².